The Morgan fingerprint density at radius 2 is 1.95 bits per heavy atom. The van der Waals surface area contributed by atoms with Gasteiger partial charge in [-0.15, -0.1) is 0 Å². The molecule has 1 unspecified atom stereocenters. The monoisotopic (exact) mass is 304 g/mol. The maximum absolute atomic E-state index is 5.93. The van der Waals surface area contributed by atoms with Crippen molar-refractivity contribution in [1.29, 1.82) is 0 Å². The van der Waals surface area contributed by atoms with Gasteiger partial charge in [0.1, 0.15) is 5.75 Å². The SMILES string of the molecule is CCCCC(CC)COc1ccc(B2OCC(C)(C)O2)cc1. The number of hydrogen-bond donors (Lipinski definition) is 0. The van der Waals surface area contributed by atoms with Crippen LogP contribution in [0.4, 0.5) is 0 Å². The van der Waals surface area contributed by atoms with E-state index in [2.05, 4.69) is 13.8 Å². The molecule has 22 heavy (non-hydrogen) atoms. The lowest BCUT2D eigenvalue weighted by Crippen LogP contribution is -2.34. The molecule has 1 aromatic rings. The molecule has 1 aromatic carbocycles. The highest BCUT2D eigenvalue weighted by atomic mass is 16.7. The number of hydrogen-bond acceptors (Lipinski definition) is 3. The molecule has 1 saturated heterocycles. The van der Waals surface area contributed by atoms with Crippen LogP contribution in [0.25, 0.3) is 0 Å². The lowest BCUT2D eigenvalue weighted by Gasteiger charge is -2.16. The van der Waals surface area contributed by atoms with E-state index in [0.29, 0.717) is 12.5 Å². The highest BCUT2D eigenvalue weighted by Gasteiger charge is 2.37. The summed E-state index contributed by atoms with van der Waals surface area (Å²) in [6, 6.07) is 8.10. The number of benzene rings is 1. The van der Waals surface area contributed by atoms with Gasteiger partial charge in [-0.05, 0) is 43.8 Å². The van der Waals surface area contributed by atoms with E-state index in [9.17, 15) is 0 Å². The number of unbranched alkanes of at least 4 members (excludes halogenated alkanes) is 1. The second-order valence-electron chi connectivity index (χ2n) is 6.82. The predicted molar refractivity (Wildman–Crippen MR) is 91.7 cm³/mol. The summed E-state index contributed by atoms with van der Waals surface area (Å²) in [6.45, 7) is 10.0. The number of rotatable bonds is 8. The van der Waals surface area contributed by atoms with E-state index in [4.69, 9.17) is 14.0 Å². The third-order valence-corrected chi connectivity index (χ3v) is 4.19. The van der Waals surface area contributed by atoms with Gasteiger partial charge in [0.05, 0.1) is 18.8 Å². The largest absolute Gasteiger partial charge is 0.494 e. The van der Waals surface area contributed by atoms with Gasteiger partial charge in [0.2, 0.25) is 0 Å². The minimum absolute atomic E-state index is 0.201. The van der Waals surface area contributed by atoms with E-state index in [0.717, 1.165) is 17.8 Å². The molecule has 122 valence electrons. The van der Waals surface area contributed by atoms with Crippen molar-refractivity contribution in [1.82, 2.24) is 0 Å². The van der Waals surface area contributed by atoms with E-state index < -0.39 is 0 Å². The van der Waals surface area contributed by atoms with Crippen LogP contribution in [0, 0.1) is 5.92 Å². The first kappa shape index (κ1) is 17.4. The van der Waals surface area contributed by atoms with Gasteiger partial charge in [0.15, 0.2) is 0 Å². The molecule has 4 heteroatoms. The van der Waals surface area contributed by atoms with Crippen LogP contribution in [0.5, 0.6) is 5.75 Å². The molecule has 1 atom stereocenters. The molecule has 3 nitrogen and oxygen atoms in total. The van der Waals surface area contributed by atoms with Crippen molar-refractivity contribution in [2.24, 2.45) is 5.92 Å². The summed E-state index contributed by atoms with van der Waals surface area (Å²) in [5.74, 6) is 1.58. The van der Waals surface area contributed by atoms with Crippen molar-refractivity contribution in [2.75, 3.05) is 13.2 Å². The van der Waals surface area contributed by atoms with Gasteiger partial charge in [-0.3, -0.25) is 0 Å². The second-order valence-corrected chi connectivity index (χ2v) is 6.82. The molecule has 0 spiro atoms. The Bertz CT molecular complexity index is 444. The van der Waals surface area contributed by atoms with Crippen molar-refractivity contribution in [3.05, 3.63) is 24.3 Å². The molecule has 0 bridgehead atoms. The normalized spacial score (nSPS) is 18.5. The maximum Gasteiger partial charge on any atom is 0.494 e. The zero-order valence-electron chi connectivity index (χ0n) is 14.4. The van der Waals surface area contributed by atoms with E-state index in [1.54, 1.807) is 0 Å². The van der Waals surface area contributed by atoms with Gasteiger partial charge in [-0.1, -0.05) is 45.2 Å². The molecule has 1 aliphatic heterocycles. The van der Waals surface area contributed by atoms with Crippen LogP contribution in [-0.4, -0.2) is 25.9 Å². The molecule has 1 aliphatic rings. The quantitative estimate of drug-likeness (QED) is 0.684. The first-order valence-corrected chi connectivity index (χ1v) is 8.56. The third-order valence-electron chi connectivity index (χ3n) is 4.19. The Labute approximate surface area is 135 Å². The lowest BCUT2D eigenvalue weighted by molar-refractivity contribution is 0.137. The van der Waals surface area contributed by atoms with Gasteiger partial charge < -0.3 is 14.0 Å². The topological polar surface area (TPSA) is 27.7 Å². The third kappa shape index (κ3) is 5.03. The maximum atomic E-state index is 5.93. The summed E-state index contributed by atoms with van der Waals surface area (Å²) in [5.41, 5.74) is 0.851. The second kappa shape index (κ2) is 8.03. The molecular formula is C18H29BO3. The standard InChI is InChI=1S/C18H29BO3/c1-5-7-8-15(6-2)13-20-17-11-9-16(10-12-17)19-21-14-18(3,4)22-19/h9-12,15H,5-8,13-14H2,1-4H3. The van der Waals surface area contributed by atoms with E-state index >= 15 is 0 Å². The molecule has 0 saturated carbocycles. The van der Waals surface area contributed by atoms with Crippen molar-refractivity contribution in [3.63, 3.8) is 0 Å². The van der Waals surface area contributed by atoms with Crippen LogP contribution in [-0.2, 0) is 9.31 Å². The molecule has 0 aromatic heterocycles. The average molecular weight is 304 g/mol. The van der Waals surface area contributed by atoms with Crippen molar-refractivity contribution in [3.8, 4) is 5.75 Å². The van der Waals surface area contributed by atoms with Gasteiger partial charge in [-0.2, -0.15) is 0 Å². The predicted octanol–water partition coefficient (Wildman–Crippen LogP) is 3.80. The Hall–Kier alpha value is -0.995. The summed E-state index contributed by atoms with van der Waals surface area (Å²) in [4.78, 5) is 0. The Morgan fingerprint density at radius 1 is 1.23 bits per heavy atom. The summed E-state index contributed by atoms with van der Waals surface area (Å²) in [7, 11) is -0.253. The summed E-state index contributed by atoms with van der Waals surface area (Å²) < 4.78 is 17.5. The van der Waals surface area contributed by atoms with Crippen LogP contribution in [0.3, 0.4) is 0 Å². The van der Waals surface area contributed by atoms with Crippen LogP contribution in [0.1, 0.15) is 53.4 Å². The van der Waals surface area contributed by atoms with Crippen LogP contribution >= 0.6 is 0 Å². The van der Waals surface area contributed by atoms with Crippen molar-refractivity contribution < 1.29 is 14.0 Å². The molecule has 1 heterocycles. The molecule has 0 amide bonds. The van der Waals surface area contributed by atoms with Gasteiger partial charge in [0.25, 0.3) is 0 Å². The fraction of sp³-hybridized carbons (Fsp3) is 0.667. The van der Waals surface area contributed by atoms with Crippen LogP contribution in [0.2, 0.25) is 0 Å². The summed E-state index contributed by atoms with van der Waals surface area (Å²) >= 11 is 0. The number of ether oxygens (including phenoxy) is 1. The molecule has 0 N–H and O–H groups in total. The lowest BCUT2D eigenvalue weighted by atomic mass is 9.79. The molecular weight excluding hydrogens is 275 g/mol. The van der Waals surface area contributed by atoms with E-state index in [1.807, 2.05) is 38.1 Å². The summed E-state index contributed by atoms with van der Waals surface area (Å²) in [6.07, 6.45) is 4.97. The Balaban J connectivity index is 1.84. The summed E-state index contributed by atoms with van der Waals surface area (Å²) in [5, 5.41) is 0. The van der Waals surface area contributed by atoms with E-state index in [1.165, 1.54) is 25.7 Å². The highest BCUT2D eigenvalue weighted by Crippen LogP contribution is 2.20. The van der Waals surface area contributed by atoms with Crippen LogP contribution in [0.15, 0.2) is 24.3 Å². The van der Waals surface area contributed by atoms with Gasteiger partial charge in [0, 0.05) is 0 Å². The smallest absolute Gasteiger partial charge is 0.493 e. The van der Waals surface area contributed by atoms with Gasteiger partial charge >= 0.3 is 7.12 Å². The first-order valence-electron chi connectivity index (χ1n) is 8.56. The Kier molecular flexibility index (Phi) is 6.33. The van der Waals surface area contributed by atoms with Crippen molar-refractivity contribution in [2.45, 2.75) is 59.0 Å². The zero-order valence-corrected chi connectivity index (χ0v) is 14.4. The molecule has 0 aliphatic carbocycles. The van der Waals surface area contributed by atoms with Crippen molar-refractivity contribution >= 4 is 12.6 Å². The molecule has 1 fully saturated rings. The average Bonchev–Trinajstić information content (AvgIpc) is 2.88. The minimum atomic E-state index is -0.253. The van der Waals surface area contributed by atoms with E-state index in [-0.39, 0.29) is 12.7 Å². The molecule has 0 radical (unpaired) electrons. The van der Waals surface area contributed by atoms with Crippen LogP contribution < -0.4 is 10.2 Å². The molecule has 2 rings (SSSR count). The van der Waals surface area contributed by atoms with Gasteiger partial charge in [-0.25, -0.2) is 0 Å². The zero-order chi connectivity index (χ0) is 16.0. The Morgan fingerprint density at radius 3 is 2.50 bits per heavy atom. The highest BCUT2D eigenvalue weighted by molar-refractivity contribution is 6.61. The minimum Gasteiger partial charge on any atom is -0.493 e. The fourth-order valence-corrected chi connectivity index (χ4v) is 2.63. The fourth-order valence-electron chi connectivity index (χ4n) is 2.63. The first-order chi connectivity index (χ1) is 10.5.